The van der Waals surface area contributed by atoms with Gasteiger partial charge in [0.2, 0.25) is 0 Å². The van der Waals surface area contributed by atoms with Gasteiger partial charge in [-0.1, -0.05) is 31.0 Å². The molecule has 2 N–H and O–H groups in total. The molecule has 0 bridgehead atoms. The Morgan fingerprint density at radius 1 is 1.30 bits per heavy atom. The highest BCUT2D eigenvalue weighted by Gasteiger charge is 2.30. The second-order valence-corrected chi connectivity index (χ2v) is 5.76. The number of hydrogen-bond donors (Lipinski definition) is 2. The van der Waals surface area contributed by atoms with E-state index < -0.39 is 5.97 Å². The summed E-state index contributed by atoms with van der Waals surface area (Å²) >= 11 is 0. The van der Waals surface area contributed by atoms with Gasteiger partial charge in [-0.3, -0.25) is 4.98 Å². The fourth-order valence-corrected chi connectivity index (χ4v) is 3.02. The van der Waals surface area contributed by atoms with Crippen LogP contribution in [0.1, 0.15) is 43.0 Å². The normalized spacial score (nSPS) is 17.2. The van der Waals surface area contributed by atoms with Gasteiger partial charge in [0.1, 0.15) is 5.56 Å². The van der Waals surface area contributed by atoms with E-state index in [0.29, 0.717) is 5.69 Å². The van der Waals surface area contributed by atoms with Crippen LogP contribution in [0.15, 0.2) is 30.5 Å². The third-order valence-corrected chi connectivity index (χ3v) is 4.14. The van der Waals surface area contributed by atoms with Gasteiger partial charge in [0.05, 0.1) is 11.2 Å². The van der Waals surface area contributed by atoms with Crippen molar-refractivity contribution in [3.05, 3.63) is 36.0 Å². The molecular weight excluding hydrogens is 252 g/mol. The Morgan fingerprint density at radius 3 is 2.70 bits per heavy atom. The fourth-order valence-electron chi connectivity index (χ4n) is 3.02. The minimum Gasteiger partial charge on any atom is -0.478 e. The van der Waals surface area contributed by atoms with Crippen molar-refractivity contribution in [3.63, 3.8) is 0 Å². The van der Waals surface area contributed by atoms with Gasteiger partial charge in [-0.25, -0.2) is 4.79 Å². The van der Waals surface area contributed by atoms with Crippen LogP contribution in [0.25, 0.3) is 10.9 Å². The summed E-state index contributed by atoms with van der Waals surface area (Å²) in [6, 6.07) is 7.66. The van der Waals surface area contributed by atoms with Gasteiger partial charge in [0.15, 0.2) is 0 Å². The number of anilines is 1. The quantitative estimate of drug-likeness (QED) is 0.893. The molecule has 2 aromatic rings. The van der Waals surface area contributed by atoms with E-state index in [9.17, 15) is 9.90 Å². The monoisotopic (exact) mass is 270 g/mol. The van der Waals surface area contributed by atoms with Gasteiger partial charge >= 0.3 is 5.97 Å². The molecule has 1 heterocycles. The molecule has 0 unspecified atom stereocenters. The summed E-state index contributed by atoms with van der Waals surface area (Å²) in [4.78, 5) is 15.7. The zero-order chi connectivity index (χ0) is 14.2. The van der Waals surface area contributed by atoms with E-state index in [0.717, 1.165) is 23.7 Å². The predicted molar refractivity (Wildman–Crippen MR) is 79.2 cm³/mol. The number of aromatic nitrogens is 1. The highest BCUT2D eigenvalue weighted by atomic mass is 16.4. The van der Waals surface area contributed by atoms with Gasteiger partial charge in [-0.15, -0.1) is 0 Å². The van der Waals surface area contributed by atoms with Crippen molar-refractivity contribution in [1.29, 1.82) is 0 Å². The molecule has 104 valence electrons. The Hall–Kier alpha value is -2.10. The number of nitrogens with one attached hydrogen (secondary N) is 1. The van der Waals surface area contributed by atoms with Gasteiger partial charge < -0.3 is 10.4 Å². The van der Waals surface area contributed by atoms with E-state index in [1.807, 2.05) is 24.3 Å². The number of aromatic carboxylic acids is 1. The number of pyridine rings is 1. The number of hydrogen-bond acceptors (Lipinski definition) is 3. The van der Waals surface area contributed by atoms with Crippen LogP contribution in [0.5, 0.6) is 0 Å². The lowest BCUT2D eigenvalue weighted by molar-refractivity contribution is 0.0697. The smallest absolute Gasteiger partial charge is 0.339 e. The number of rotatable bonds is 3. The molecule has 0 radical (unpaired) electrons. The summed E-state index contributed by atoms with van der Waals surface area (Å²) in [5, 5.41) is 13.8. The highest BCUT2D eigenvalue weighted by molar-refractivity contribution is 6.04. The Balaban J connectivity index is 2.14. The third kappa shape index (κ3) is 2.22. The lowest BCUT2D eigenvalue weighted by Crippen LogP contribution is -2.31. The number of carboxylic acid groups (broad SMARTS) is 1. The molecule has 20 heavy (non-hydrogen) atoms. The number of nitrogens with zero attached hydrogens (tertiary/aromatic N) is 1. The first-order valence-corrected chi connectivity index (χ1v) is 6.98. The first-order valence-electron chi connectivity index (χ1n) is 6.98. The minimum atomic E-state index is -0.938. The van der Waals surface area contributed by atoms with Crippen LogP contribution in [0.4, 0.5) is 5.69 Å². The highest BCUT2D eigenvalue weighted by Crippen LogP contribution is 2.36. The van der Waals surface area contributed by atoms with Gasteiger partial charge in [0, 0.05) is 17.1 Å². The lowest BCUT2D eigenvalue weighted by Gasteiger charge is -2.28. The molecule has 1 saturated carbocycles. The number of fused-ring (bicyclic) bond motifs is 1. The topological polar surface area (TPSA) is 62.2 Å². The molecule has 1 fully saturated rings. The Kier molecular flexibility index (Phi) is 3.08. The molecule has 0 spiro atoms. The van der Waals surface area contributed by atoms with Crippen LogP contribution in [0.2, 0.25) is 0 Å². The summed E-state index contributed by atoms with van der Waals surface area (Å²) in [5.74, 6) is -0.938. The molecule has 0 atom stereocenters. The van der Waals surface area contributed by atoms with Crippen molar-refractivity contribution in [2.75, 3.05) is 5.32 Å². The van der Waals surface area contributed by atoms with E-state index >= 15 is 0 Å². The van der Waals surface area contributed by atoms with E-state index in [1.165, 1.54) is 19.0 Å². The maximum absolute atomic E-state index is 11.5. The number of benzene rings is 1. The molecule has 0 aliphatic heterocycles. The van der Waals surface area contributed by atoms with Crippen LogP contribution in [-0.4, -0.2) is 21.6 Å². The summed E-state index contributed by atoms with van der Waals surface area (Å²) in [5.41, 5.74) is 1.75. The summed E-state index contributed by atoms with van der Waals surface area (Å²) in [6.45, 7) is 2.17. The average molecular weight is 270 g/mol. The summed E-state index contributed by atoms with van der Waals surface area (Å²) < 4.78 is 0. The van der Waals surface area contributed by atoms with Crippen molar-refractivity contribution in [2.45, 2.75) is 38.1 Å². The molecule has 1 aromatic carbocycles. The van der Waals surface area contributed by atoms with E-state index in [4.69, 9.17) is 0 Å². The Morgan fingerprint density at radius 2 is 2.00 bits per heavy atom. The number of carbonyl (C=O) groups is 1. The minimum absolute atomic E-state index is 0.0195. The number of para-hydroxylation sites is 1. The van der Waals surface area contributed by atoms with Crippen molar-refractivity contribution in [3.8, 4) is 0 Å². The predicted octanol–water partition coefficient (Wildman–Crippen LogP) is 3.68. The molecule has 1 aliphatic rings. The average Bonchev–Trinajstić information content (AvgIpc) is 2.85. The van der Waals surface area contributed by atoms with Gasteiger partial charge in [0.25, 0.3) is 0 Å². The molecule has 4 heteroatoms. The van der Waals surface area contributed by atoms with Crippen LogP contribution in [-0.2, 0) is 0 Å². The second-order valence-electron chi connectivity index (χ2n) is 5.76. The summed E-state index contributed by atoms with van der Waals surface area (Å²) in [7, 11) is 0. The SMILES string of the molecule is CC1(Nc2c(C(=O)O)cnc3ccccc23)CCCC1. The summed E-state index contributed by atoms with van der Waals surface area (Å²) in [6.07, 6.45) is 5.97. The molecule has 0 amide bonds. The Bertz CT molecular complexity index is 661. The van der Waals surface area contributed by atoms with Crippen molar-refractivity contribution >= 4 is 22.6 Å². The van der Waals surface area contributed by atoms with Crippen LogP contribution in [0, 0.1) is 0 Å². The van der Waals surface area contributed by atoms with Crippen LogP contribution >= 0.6 is 0 Å². The van der Waals surface area contributed by atoms with Crippen molar-refractivity contribution in [2.24, 2.45) is 0 Å². The van der Waals surface area contributed by atoms with E-state index in [1.54, 1.807) is 0 Å². The maximum Gasteiger partial charge on any atom is 0.339 e. The Labute approximate surface area is 117 Å². The van der Waals surface area contributed by atoms with E-state index in [2.05, 4.69) is 17.2 Å². The second kappa shape index (κ2) is 4.78. The van der Waals surface area contributed by atoms with Crippen LogP contribution in [0.3, 0.4) is 0 Å². The molecule has 0 saturated heterocycles. The lowest BCUT2D eigenvalue weighted by atomic mass is 9.98. The van der Waals surface area contributed by atoms with Gasteiger partial charge in [-0.05, 0) is 25.8 Å². The molecular formula is C16H18N2O2. The first-order chi connectivity index (χ1) is 9.59. The van der Waals surface area contributed by atoms with Crippen LogP contribution < -0.4 is 5.32 Å². The third-order valence-electron chi connectivity index (χ3n) is 4.14. The fraction of sp³-hybridized carbons (Fsp3) is 0.375. The first kappa shape index (κ1) is 12.9. The molecule has 1 aromatic heterocycles. The zero-order valence-electron chi connectivity index (χ0n) is 11.5. The van der Waals surface area contributed by atoms with Gasteiger partial charge in [-0.2, -0.15) is 0 Å². The molecule has 3 rings (SSSR count). The standard InChI is InChI=1S/C16H18N2O2/c1-16(8-4-5-9-16)18-14-11-6-2-3-7-13(11)17-10-12(14)15(19)20/h2-3,6-7,10H,4-5,8-9H2,1H3,(H,17,18)(H,19,20). The maximum atomic E-state index is 11.5. The zero-order valence-corrected chi connectivity index (χ0v) is 11.5. The van der Waals surface area contributed by atoms with E-state index in [-0.39, 0.29) is 11.1 Å². The molecule has 1 aliphatic carbocycles. The number of carboxylic acids is 1. The molecule has 4 nitrogen and oxygen atoms in total. The largest absolute Gasteiger partial charge is 0.478 e. The van der Waals surface area contributed by atoms with Crippen molar-refractivity contribution in [1.82, 2.24) is 4.98 Å². The van der Waals surface area contributed by atoms with Crippen molar-refractivity contribution < 1.29 is 9.90 Å².